The summed E-state index contributed by atoms with van der Waals surface area (Å²) >= 11 is 1.14. The maximum atomic E-state index is 11.9. The third-order valence-corrected chi connectivity index (χ3v) is 4.04. The lowest BCUT2D eigenvalue weighted by atomic mass is 10.2. The maximum Gasteiger partial charge on any atom is 0.236 e. The molecule has 1 amide bonds. The summed E-state index contributed by atoms with van der Waals surface area (Å²) in [6.45, 7) is 0. The fraction of sp³-hybridized carbons (Fsp3) is 0.0769. The molecule has 4 aromatic rings. The Balaban J connectivity index is 1.49. The molecule has 0 saturated carbocycles. The number of amides is 1. The number of nitrogens with zero attached hydrogens (tertiary/aromatic N) is 5. The van der Waals surface area contributed by atoms with E-state index in [1.54, 1.807) is 0 Å². The summed E-state index contributed by atoms with van der Waals surface area (Å²) in [6, 6.07) is 7.74. The van der Waals surface area contributed by atoms with Gasteiger partial charge in [0.05, 0.1) is 5.75 Å². The minimum Gasteiger partial charge on any atom is -0.378 e. The van der Waals surface area contributed by atoms with Crippen molar-refractivity contribution in [2.75, 3.05) is 16.8 Å². The molecule has 4 rings (SSSR count). The molecule has 4 N–H and O–H groups in total. The normalized spacial score (nSPS) is 11.2. The van der Waals surface area contributed by atoms with Gasteiger partial charge in [-0.15, -0.1) is 10.2 Å². The summed E-state index contributed by atoms with van der Waals surface area (Å²) in [7, 11) is 0. The number of nitrogen functional groups attached to an aromatic ring is 1. The first-order chi connectivity index (χ1) is 11.7. The van der Waals surface area contributed by atoms with Gasteiger partial charge in [-0.1, -0.05) is 30.0 Å². The van der Waals surface area contributed by atoms with Crippen LogP contribution >= 0.6 is 11.8 Å². The number of aromatic nitrogens is 6. The van der Waals surface area contributed by atoms with Gasteiger partial charge in [0.1, 0.15) is 5.52 Å². The van der Waals surface area contributed by atoms with Crippen LogP contribution in [0.1, 0.15) is 0 Å². The Bertz CT molecular complexity index is 1040. The average Bonchev–Trinajstić information content (AvgIpc) is 3.16. The number of rotatable bonds is 4. The quantitative estimate of drug-likeness (QED) is 0.465. The number of nitrogens with one attached hydrogen (secondary N) is 2. The first-order valence-corrected chi connectivity index (χ1v) is 7.81. The van der Waals surface area contributed by atoms with Crippen LogP contribution in [0.4, 0.5) is 11.6 Å². The summed E-state index contributed by atoms with van der Waals surface area (Å²) in [5, 5.41) is 18.9. The van der Waals surface area contributed by atoms with Crippen LogP contribution in [0.15, 0.2) is 34.1 Å². The molecule has 3 aromatic heterocycles. The molecule has 0 spiro atoms. The standard InChI is InChI=1S/C13H10N8O2S/c14-10-12(21-23-20-10)16-8(22)5-24-13-17-11-9(18-19-13)6-3-1-2-4-7(6)15-11/h1-4H,5H2,(H2,14,20)(H,15,17,19)(H,16,21,22). The third kappa shape index (κ3) is 2.60. The highest BCUT2D eigenvalue weighted by Crippen LogP contribution is 2.23. The number of hydrogen-bond acceptors (Lipinski definition) is 9. The molecule has 0 aliphatic carbocycles. The van der Waals surface area contributed by atoms with Crippen molar-refractivity contribution in [3.8, 4) is 0 Å². The molecule has 0 aliphatic heterocycles. The fourth-order valence-electron chi connectivity index (χ4n) is 2.15. The van der Waals surface area contributed by atoms with Crippen molar-refractivity contribution in [2.24, 2.45) is 0 Å². The summed E-state index contributed by atoms with van der Waals surface area (Å²) in [5.74, 6) is -0.154. The van der Waals surface area contributed by atoms with E-state index < -0.39 is 0 Å². The molecule has 1 aromatic carbocycles. The van der Waals surface area contributed by atoms with Gasteiger partial charge in [-0.25, -0.2) is 9.61 Å². The molecular formula is C13H10N8O2S. The van der Waals surface area contributed by atoms with Gasteiger partial charge in [-0.05, 0) is 16.4 Å². The Morgan fingerprint density at radius 1 is 1.29 bits per heavy atom. The Morgan fingerprint density at radius 3 is 3.00 bits per heavy atom. The topological polar surface area (TPSA) is 148 Å². The van der Waals surface area contributed by atoms with Crippen molar-refractivity contribution in [3.05, 3.63) is 24.3 Å². The predicted molar refractivity (Wildman–Crippen MR) is 87.3 cm³/mol. The van der Waals surface area contributed by atoms with Crippen molar-refractivity contribution < 1.29 is 9.42 Å². The van der Waals surface area contributed by atoms with E-state index >= 15 is 0 Å². The highest BCUT2D eigenvalue weighted by atomic mass is 32.2. The van der Waals surface area contributed by atoms with E-state index in [0.717, 1.165) is 22.7 Å². The highest BCUT2D eigenvalue weighted by molar-refractivity contribution is 7.99. The van der Waals surface area contributed by atoms with Crippen LogP contribution in [0.25, 0.3) is 22.1 Å². The number of anilines is 2. The fourth-order valence-corrected chi connectivity index (χ4v) is 2.73. The van der Waals surface area contributed by atoms with E-state index in [1.165, 1.54) is 0 Å². The van der Waals surface area contributed by atoms with Crippen LogP contribution in [0.5, 0.6) is 0 Å². The lowest BCUT2D eigenvalue weighted by Crippen LogP contribution is -2.15. The number of para-hydroxylation sites is 1. The Morgan fingerprint density at radius 2 is 2.17 bits per heavy atom. The lowest BCUT2D eigenvalue weighted by Gasteiger charge is -2.00. The van der Waals surface area contributed by atoms with Crippen molar-refractivity contribution in [2.45, 2.75) is 5.16 Å². The van der Waals surface area contributed by atoms with Crippen LogP contribution in [0.3, 0.4) is 0 Å². The van der Waals surface area contributed by atoms with Crippen molar-refractivity contribution in [1.82, 2.24) is 30.5 Å². The van der Waals surface area contributed by atoms with Gasteiger partial charge in [0.15, 0.2) is 5.65 Å². The van der Waals surface area contributed by atoms with Gasteiger partial charge < -0.3 is 16.0 Å². The second-order valence-corrected chi connectivity index (χ2v) is 5.74. The number of thioether (sulfide) groups is 1. The monoisotopic (exact) mass is 342 g/mol. The van der Waals surface area contributed by atoms with E-state index in [4.69, 9.17) is 5.73 Å². The molecule has 0 saturated heterocycles. The maximum absolute atomic E-state index is 11.9. The second-order valence-electron chi connectivity index (χ2n) is 4.80. The number of nitrogens with two attached hydrogens (primary N) is 1. The van der Waals surface area contributed by atoms with Crippen LogP contribution < -0.4 is 11.1 Å². The minimum atomic E-state index is -0.331. The number of H-pyrrole nitrogens is 1. The van der Waals surface area contributed by atoms with E-state index in [1.807, 2.05) is 24.3 Å². The number of carbonyl (C=O) groups excluding carboxylic acids is 1. The van der Waals surface area contributed by atoms with E-state index in [-0.39, 0.29) is 23.3 Å². The van der Waals surface area contributed by atoms with Crippen LogP contribution in [-0.4, -0.2) is 42.1 Å². The summed E-state index contributed by atoms with van der Waals surface area (Å²) in [4.78, 5) is 19.4. The van der Waals surface area contributed by atoms with Crippen molar-refractivity contribution in [1.29, 1.82) is 0 Å². The number of hydrogen-bond donors (Lipinski definition) is 3. The molecule has 0 bridgehead atoms. The van der Waals surface area contributed by atoms with Crippen LogP contribution in [-0.2, 0) is 4.79 Å². The molecule has 11 heteroatoms. The molecule has 0 atom stereocenters. The molecule has 0 radical (unpaired) electrons. The highest BCUT2D eigenvalue weighted by Gasteiger charge is 2.13. The van der Waals surface area contributed by atoms with Crippen molar-refractivity contribution in [3.63, 3.8) is 0 Å². The summed E-state index contributed by atoms with van der Waals surface area (Å²) in [6.07, 6.45) is 0. The van der Waals surface area contributed by atoms with Gasteiger partial charge in [0.25, 0.3) is 0 Å². The SMILES string of the molecule is Nc1nonc1NC(=O)CSc1nnc2c(n1)[nH]c1ccccc12. The number of carbonyl (C=O) groups is 1. The smallest absolute Gasteiger partial charge is 0.236 e. The second kappa shape index (κ2) is 5.77. The number of fused-ring (bicyclic) bond motifs is 3. The van der Waals surface area contributed by atoms with Gasteiger partial charge in [-0.3, -0.25) is 4.79 Å². The van der Waals surface area contributed by atoms with Crippen molar-refractivity contribution >= 4 is 51.4 Å². The Labute approximate surface area is 138 Å². The Kier molecular flexibility index (Phi) is 3.46. The molecular weight excluding hydrogens is 332 g/mol. The summed E-state index contributed by atoms with van der Waals surface area (Å²) < 4.78 is 4.40. The van der Waals surface area contributed by atoms with Gasteiger partial charge in [-0.2, -0.15) is 0 Å². The average molecular weight is 342 g/mol. The molecule has 3 heterocycles. The zero-order chi connectivity index (χ0) is 16.5. The third-order valence-electron chi connectivity index (χ3n) is 3.21. The van der Waals surface area contributed by atoms with Gasteiger partial charge in [0.2, 0.25) is 22.7 Å². The van der Waals surface area contributed by atoms with E-state index in [2.05, 4.69) is 40.4 Å². The van der Waals surface area contributed by atoms with Gasteiger partial charge in [0, 0.05) is 10.9 Å². The molecule has 0 aliphatic rings. The summed E-state index contributed by atoms with van der Waals surface area (Å²) in [5.41, 5.74) is 7.72. The number of benzene rings is 1. The first-order valence-electron chi connectivity index (χ1n) is 6.82. The lowest BCUT2D eigenvalue weighted by molar-refractivity contribution is -0.113. The zero-order valence-corrected chi connectivity index (χ0v) is 12.9. The largest absolute Gasteiger partial charge is 0.378 e. The predicted octanol–water partition coefficient (Wildman–Crippen LogP) is 1.20. The molecule has 0 unspecified atom stereocenters. The molecule has 120 valence electrons. The first kappa shape index (κ1) is 14.4. The van der Waals surface area contributed by atoms with E-state index in [9.17, 15) is 4.79 Å². The van der Waals surface area contributed by atoms with E-state index in [0.29, 0.717) is 16.3 Å². The molecule has 0 fully saturated rings. The molecule has 24 heavy (non-hydrogen) atoms. The zero-order valence-electron chi connectivity index (χ0n) is 12.1. The van der Waals surface area contributed by atoms with Crippen LogP contribution in [0, 0.1) is 0 Å². The number of aromatic amines is 1. The minimum absolute atomic E-state index is 0.0192. The molecule has 10 nitrogen and oxygen atoms in total. The Hall–Kier alpha value is -3.21. The van der Waals surface area contributed by atoms with Crippen LogP contribution in [0.2, 0.25) is 0 Å². The van der Waals surface area contributed by atoms with Gasteiger partial charge >= 0.3 is 0 Å².